The van der Waals surface area contributed by atoms with Gasteiger partial charge in [0.25, 0.3) is 0 Å². The Bertz CT molecular complexity index is 613. The first-order chi connectivity index (χ1) is 8.82. The van der Waals surface area contributed by atoms with E-state index in [4.69, 9.17) is 5.73 Å². The van der Waals surface area contributed by atoms with E-state index in [2.05, 4.69) is 56.2 Å². The number of hydrogen-bond acceptors (Lipinski definition) is 4. The van der Waals surface area contributed by atoms with Crippen LogP contribution in [0.3, 0.4) is 0 Å². The van der Waals surface area contributed by atoms with Gasteiger partial charge in [-0.25, -0.2) is 4.98 Å². The van der Waals surface area contributed by atoms with Crippen LogP contribution < -0.4 is 11.1 Å². The Labute approximate surface area is 118 Å². The zero-order valence-corrected chi connectivity index (χ0v) is 12.8. The fourth-order valence-corrected chi connectivity index (χ4v) is 3.82. The zero-order valence-electron chi connectivity index (χ0n) is 11.9. The Balaban J connectivity index is 1.73. The summed E-state index contributed by atoms with van der Waals surface area (Å²) in [4.78, 5) is 4.28. The van der Waals surface area contributed by atoms with E-state index in [0.717, 1.165) is 12.1 Å². The molecular formula is C15H21N3S. The predicted octanol–water partition coefficient (Wildman–Crippen LogP) is 3.40. The number of nitrogens with two attached hydrogens (primary N) is 1. The highest BCUT2D eigenvalue weighted by atomic mass is 32.1. The van der Waals surface area contributed by atoms with Crippen molar-refractivity contribution in [2.24, 2.45) is 10.8 Å². The van der Waals surface area contributed by atoms with Crippen molar-refractivity contribution < 1.29 is 0 Å². The summed E-state index contributed by atoms with van der Waals surface area (Å²) in [5.41, 5.74) is 8.80. The molecule has 0 atom stereocenters. The van der Waals surface area contributed by atoms with E-state index in [0.29, 0.717) is 22.0 Å². The van der Waals surface area contributed by atoms with E-state index < -0.39 is 0 Å². The smallest absolute Gasteiger partial charge is 0.181 e. The molecule has 3 N–H and O–H groups in total. The van der Waals surface area contributed by atoms with Gasteiger partial charge in [0.1, 0.15) is 0 Å². The molecule has 3 rings (SSSR count). The van der Waals surface area contributed by atoms with E-state index >= 15 is 0 Å². The van der Waals surface area contributed by atoms with E-state index in [1.54, 1.807) is 11.3 Å². The molecule has 1 aromatic carbocycles. The minimum absolute atomic E-state index is 0.381. The van der Waals surface area contributed by atoms with Gasteiger partial charge >= 0.3 is 0 Å². The lowest BCUT2D eigenvalue weighted by molar-refractivity contribution is 0.457. The van der Waals surface area contributed by atoms with E-state index in [-0.39, 0.29) is 0 Å². The minimum atomic E-state index is 0.381. The molecule has 0 aliphatic heterocycles. The third-order valence-corrected chi connectivity index (χ3v) is 5.85. The van der Waals surface area contributed by atoms with Crippen LogP contribution in [-0.2, 0) is 6.54 Å². The van der Waals surface area contributed by atoms with Gasteiger partial charge < -0.3 is 11.1 Å². The minimum Gasteiger partial charge on any atom is -0.375 e. The summed E-state index contributed by atoms with van der Waals surface area (Å²) in [6.45, 7) is 10.2. The monoisotopic (exact) mass is 275 g/mol. The summed E-state index contributed by atoms with van der Waals surface area (Å²) >= 11 is 1.55. The molecule has 1 aliphatic rings. The van der Waals surface area contributed by atoms with Crippen LogP contribution in [0.15, 0.2) is 18.2 Å². The molecule has 1 aromatic heterocycles. The molecule has 1 heterocycles. The number of nitrogen functional groups attached to an aromatic ring is 1. The normalized spacial score (nSPS) is 20.8. The molecule has 0 saturated heterocycles. The van der Waals surface area contributed by atoms with Gasteiger partial charge in [-0.15, -0.1) is 0 Å². The van der Waals surface area contributed by atoms with E-state index in [1.807, 2.05) is 0 Å². The predicted molar refractivity (Wildman–Crippen MR) is 82.2 cm³/mol. The molecule has 1 aliphatic carbocycles. The van der Waals surface area contributed by atoms with Gasteiger partial charge in [0.2, 0.25) is 0 Å². The fraction of sp³-hybridized carbons (Fsp3) is 0.533. The van der Waals surface area contributed by atoms with E-state index in [9.17, 15) is 0 Å². The van der Waals surface area contributed by atoms with Crippen molar-refractivity contribution in [3.63, 3.8) is 0 Å². The number of hydrogen-bond donors (Lipinski definition) is 2. The van der Waals surface area contributed by atoms with Gasteiger partial charge in [0.15, 0.2) is 5.13 Å². The molecular weight excluding hydrogens is 254 g/mol. The van der Waals surface area contributed by atoms with Gasteiger partial charge in [0, 0.05) is 12.6 Å². The Kier molecular flexibility index (Phi) is 2.67. The number of anilines is 1. The first kappa shape index (κ1) is 12.9. The van der Waals surface area contributed by atoms with Crippen molar-refractivity contribution in [3.8, 4) is 0 Å². The van der Waals surface area contributed by atoms with Crippen molar-refractivity contribution in [1.82, 2.24) is 10.3 Å². The average molecular weight is 275 g/mol. The maximum absolute atomic E-state index is 5.74. The maximum atomic E-state index is 5.74. The average Bonchev–Trinajstić information content (AvgIpc) is 2.60. The summed E-state index contributed by atoms with van der Waals surface area (Å²) < 4.78 is 1.17. The maximum Gasteiger partial charge on any atom is 0.181 e. The van der Waals surface area contributed by atoms with Crippen molar-refractivity contribution in [2.45, 2.75) is 40.3 Å². The number of aromatic nitrogens is 1. The SMILES string of the molecule is CC1(C)C(NCc2ccc3nc(N)sc3c2)C1(C)C. The summed E-state index contributed by atoms with van der Waals surface area (Å²) in [5, 5.41) is 4.32. The number of thiazole rings is 1. The summed E-state index contributed by atoms with van der Waals surface area (Å²) in [6.07, 6.45) is 0. The van der Waals surface area contributed by atoms with Gasteiger partial charge in [-0.2, -0.15) is 0 Å². The second-order valence-electron chi connectivity index (χ2n) is 6.61. The number of benzene rings is 1. The molecule has 4 heteroatoms. The summed E-state index contributed by atoms with van der Waals surface area (Å²) in [6, 6.07) is 6.97. The molecule has 0 bridgehead atoms. The van der Waals surface area contributed by atoms with Crippen LogP contribution in [0.1, 0.15) is 33.3 Å². The highest BCUT2D eigenvalue weighted by molar-refractivity contribution is 7.22. The Morgan fingerprint density at radius 1 is 1.26 bits per heavy atom. The highest BCUT2D eigenvalue weighted by Gasteiger charge is 2.64. The van der Waals surface area contributed by atoms with Crippen LogP contribution in [-0.4, -0.2) is 11.0 Å². The third-order valence-electron chi connectivity index (χ3n) is 5.00. The molecule has 2 aromatic rings. The molecule has 0 amide bonds. The molecule has 0 radical (unpaired) electrons. The molecule has 1 saturated carbocycles. The van der Waals surface area contributed by atoms with Gasteiger partial charge in [-0.3, -0.25) is 0 Å². The van der Waals surface area contributed by atoms with Gasteiger partial charge in [-0.05, 0) is 28.5 Å². The van der Waals surface area contributed by atoms with Crippen LogP contribution in [0.5, 0.6) is 0 Å². The molecule has 3 nitrogen and oxygen atoms in total. The van der Waals surface area contributed by atoms with Crippen molar-refractivity contribution in [3.05, 3.63) is 23.8 Å². The zero-order chi connectivity index (χ0) is 13.8. The van der Waals surface area contributed by atoms with Gasteiger partial charge in [0.05, 0.1) is 10.2 Å². The summed E-state index contributed by atoms with van der Waals surface area (Å²) in [7, 11) is 0. The highest BCUT2D eigenvalue weighted by Crippen LogP contribution is 2.62. The first-order valence-corrected chi connectivity index (χ1v) is 7.52. The van der Waals surface area contributed by atoms with Crippen LogP contribution in [0.2, 0.25) is 0 Å². The van der Waals surface area contributed by atoms with Crippen molar-refractivity contribution >= 4 is 26.7 Å². The van der Waals surface area contributed by atoms with Crippen LogP contribution in [0.4, 0.5) is 5.13 Å². The van der Waals surface area contributed by atoms with Crippen molar-refractivity contribution in [1.29, 1.82) is 0 Å². The summed E-state index contributed by atoms with van der Waals surface area (Å²) in [5.74, 6) is 0. The first-order valence-electron chi connectivity index (χ1n) is 6.71. The van der Waals surface area contributed by atoms with Crippen molar-refractivity contribution in [2.75, 3.05) is 5.73 Å². The number of nitrogens with one attached hydrogen (secondary N) is 1. The number of fused-ring (bicyclic) bond motifs is 1. The second-order valence-corrected chi connectivity index (χ2v) is 7.67. The Hall–Kier alpha value is -1.13. The lowest BCUT2D eigenvalue weighted by atomic mass is 10.0. The standard InChI is InChI=1S/C15H21N3S/c1-14(2)12(15(14,3)4)17-8-9-5-6-10-11(7-9)19-13(16)18-10/h5-7,12,17H,8H2,1-4H3,(H2,16,18). The fourth-order valence-electron chi connectivity index (χ4n) is 3.02. The van der Waals surface area contributed by atoms with Gasteiger partial charge in [-0.1, -0.05) is 45.1 Å². The van der Waals surface area contributed by atoms with Crippen LogP contribution >= 0.6 is 11.3 Å². The number of rotatable bonds is 3. The molecule has 0 unspecified atom stereocenters. The lowest BCUT2D eigenvalue weighted by Gasteiger charge is -2.06. The largest absolute Gasteiger partial charge is 0.375 e. The second kappa shape index (κ2) is 3.93. The molecule has 19 heavy (non-hydrogen) atoms. The van der Waals surface area contributed by atoms with Crippen LogP contribution in [0, 0.1) is 10.8 Å². The van der Waals surface area contributed by atoms with Crippen LogP contribution in [0.25, 0.3) is 10.2 Å². The lowest BCUT2D eigenvalue weighted by Crippen LogP contribution is -2.21. The van der Waals surface area contributed by atoms with E-state index in [1.165, 1.54) is 10.3 Å². The third kappa shape index (κ3) is 1.94. The Morgan fingerprint density at radius 2 is 1.95 bits per heavy atom. The quantitative estimate of drug-likeness (QED) is 0.902. The number of nitrogens with zero attached hydrogens (tertiary/aromatic N) is 1. The molecule has 1 fully saturated rings. The Morgan fingerprint density at radius 3 is 2.58 bits per heavy atom. The molecule has 102 valence electrons. The topological polar surface area (TPSA) is 50.9 Å². The molecule has 0 spiro atoms.